The zero-order valence-corrected chi connectivity index (χ0v) is 22.0. The Kier molecular flexibility index (Phi) is 9.87. The third-order valence-corrected chi connectivity index (χ3v) is 6.33. The minimum atomic E-state index is 0. The number of rotatable bonds is 8. The number of methoxy groups -OCH3 is 1. The lowest BCUT2D eigenvalue weighted by atomic mass is 10.1. The van der Waals surface area contributed by atoms with Crippen molar-refractivity contribution in [3.05, 3.63) is 71.8 Å². The van der Waals surface area contributed by atoms with Crippen LogP contribution in [0.15, 0.2) is 65.7 Å². The number of likely N-dealkylation sites (tertiary alicyclic amines) is 1. The van der Waals surface area contributed by atoms with Gasteiger partial charge in [-0.3, -0.25) is 9.89 Å². The molecule has 4 rings (SSSR count). The molecule has 0 saturated carbocycles. The summed E-state index contributed by atoms with van der Waals surface area (Å²) in [5, 5.41) is 7.01. The summed E-state index contributed by atoms with van der Waals surface area (Å²) in [7, 11) is 3.55. The van der Waals surface area contributed by atoms with Crippen molar-refractivity contribution in [3.63, 3.8) is 0 Å². The van der Waals surface area contributed by atoms with Gasteiger partial charge >= 0.3 is 0 Å². The molecule has 0 radical (unpaired) electrons. The minimum absolute atomic E-state index is 0. The average Bonchev–Trinajstić information content (AvgIpc) is 3.57. The van der Waals surface area contributed by atoms with Crippen LogP contribution in [-0.2, 0) is 6.54 Å². The third-order valence-electron chi connectivity index (χ3n) is 6.33. The van der Waals surface area contributed by atoms with Crippen LogP contribution in [0.2, 0.25) is 0 Å². The van der Waals surface area contributed by atoms with Crippen LogP contribution < -0.4 is 20.3 Å². The van der Waals surface area contributed by atoms with E-state index in [-0.39, 0.29) is 24.0 Å². The Balaban J connectivity index is 0.00000306. The molecule has 1 fully saturated rings. The van der Waals surface area contributed by atoms with Crippen molar-refractivity contribution in [2.45, 2.75) is 25.4 Å². The number of nitrogens with zero attached hydrogens (tertiary/aromatic N) is 3. The van der Waals surface area contributed by atoms with Crippen molar-refractivity contribution in [2.24, 2.45) is 4.99 Å². The smallest absolute Gasteiger partial charge is 0.191 e. The van der Waals surface area contributed by atoms with Crippen LogP contribution in [0.5, 0.6) is 5.75 Å². The van der Waals surface area contributed by atoms with Crippen LogP contribution in [0.1, 0.15) is 30.0 Å². The lowest BCUT2D eigenvalue weighted by Crippen LogP contribution is -2.42. The van der Waals surface area contributed by atoms with Crippen molar-refractivity contribution < 1.29 is 4.74 Å². The van der Waals surface area contributed by atoms with Gasteiger partial charge < -0.3 is 20.3 Å². The first kappa shape index (κ1) is 25.4. The fourth-order valence-corrected chi connectivity index (χ4v) is 4.47. The molecule has 178 valence electrons. The van der Waals surface area contributed by atoms with E-state index in [9.17, 15) is 0 Å². The van der Waals surface area contributed by atoms with Crippen LogP contribution in [0.3, 0.4) is 0 Å². The Labute approximate surface area is 215 Å². The highest BCUT2D eigenvalue weighted by Crippen LogP contribution is 2.27. The van der Waals surface area contributed by atoms with Crippen molar-refractivity contribution in [3.8, 4) is 5.75 Å². The average molecular weight is 562 g/mol. The number of halogens is 1. The van der Waals surface area contributed by atoms with E-state index in [0.29, 0.717) is 6.04 Å². The maximum atomic E-state index is 5.46. The Hall–Kier alpha value is -2.26. The third kappa shape index (κ3) is 6.86. The molecule has 2 heterocycles. The van der Waals surface area contributed by atoms with Crippen LogP contribution in [-0.4, -0.2) is 57.7 Å². The molecule has 0 aromatic heterocycles. The zero-order chi connectivity index (χ0) is 22.2. The van der Waals surface area contributed by atoms with E-state index in [1.54, 1.807) is 7.11 Å². The van der Waals surface area contributed by atoms with E-state index in [1.807, 2.05) is 13.1 Å². The summed E-state index contributed by atoms with van der Waals surface area (Å²) in [6.07, 6.45) is 6.95. The predicted molar refractivity (Wildman–Crippen MR) is 148 cm³/mol. The second kappa shape index (κ2) is 12.8. The van der Waals surface area contributed by atoms with Gasteiger partial charge in [-0.05, 0) is 61.3 Å². The Morgan fingerprint density at radius 2 is 1.76 bits per heavy atom. The molecule has 1 saturated heterocycles. The summed E-state index contributed by atoms with van der Waals surface area (Å²) >= 11 is 0. The second-order valence-corrected chi connectivity index (χ2v) is 8.38. The molecule has 33 heavy (non-hydrogen) atoms. The number of guanidine groups is 1. The molecule has 1 atom stereocenters. The van der Waals surface area contributed by atoms with Crippen molar-refractivity contribution in [2.75, 3.05) is 51.8 Å². The monoisotopic (exact) mass is 561 g/mol. The minimum Gasteiger partial charge on any atom is -0.497 e. The van der Waals surface area contributed by atoms with E-state index in [4.69, 9.17) is 4.74 Å². The SMILES string of the molecule is CN=C(NCc1ccc(N2CC=CC2)cc1)NCC(c1cccc(OC)c1)N1CCCC1.I. The van der Waals surface area contributed by atoms with Gasteiger partial charge in [-0.15, -0.1) is 24.0 Å². The summed E-state index contributed by atoms with van der Waals surface area (Å²) in [4.78, 5) is 9.36. The molecule has 2 aliphatic heterocycles. The molecule has 2 aromatic rings. The van der Waals surface area contributed by atoms with E-state index in [0.717, 1.165) is 51.0 Å². The maximum Gasteiger partial charge on any atom is 0.191 e. The van der Waals surface area contributed by atoms with Gasteiger partial charge in [0.25, 0.3) is 0 Å². The molecule has 0 bridgehead atoms. The molecule has 2 aliphatic rings. The van der Waals surface area contributed by atoms with Gasteiger partial charge in [-0.2, -0.15) is 0 Å². The Morgan fingerprint density at radius 3 is 2.42 bits per heavy atom. The van der Waals surface area contributed by atoms with E-state index in [1.165, 1.54) is 29.7 Å². The molecule has 0 spiro atoms. The van der Waals surface area contributed by atoms with Gasteiger partial charge in [0.1, 0.15) is 5.75 Å². The van der Waals surface area contributed by atoms with Crippen molar-refractivity contribution >= 4 is 35.6 Å². The van der Waals surface area contributed by atoms with Crippen LogP contribution in [0, 0.1) is 0 Å². The highest BCUT2D eigenvalue weighted by molar-refractivity contribution is 14.0. The van der Waals surface area contributed by atoms with Gasteiger partial charge in [0, 0.05) is 38.9 Å². The van der Waals surface area contributed by atoms with Gasteiger partial charge in [0.15, 0.2) is 5.96 Å². The summed E-state index contributed by atoms with van der Waals surface area (Å²) in [5.41, 5.74) is 3.79. The lowest BCUT2D eigenvalue weighted by Gasteiger charge is -2.29. The topological polar surface area (TPSA) is 52.1 Å². The fraction of sp³-hybridized carbons (Fsp3) is 0.423. The number of aliphatic imine (C=N–C) groups is 1. The molecule has 1 unspecified atom stereocenters. The van der Waals surface area contributed by atoms with Crippen molar-refractivity contribution in [1.29, 1.82) is 0 Å². The first-order chi connectivity index (χ1) is 15.8. The predicted octanol–water partition coefficient (Wildman–Crippen LogP) is 4.19. The number of hydrogen-bond donors (Lipinski definition) is 2. The fourth-order valence-electron chi connectivity index (χ4n) is 4.47. The highest BCUT2D eigenvalue weighted by Gasteiger charge is 2.24. The number of hydrogen-bond acceptors (Lipinski definition) is 4. The van der Waals surface area contributed by atoms with Gasteiger partial charge in [-0.25, -0.2) is 0 Å². The lowest BCUT2D eigenvalue weighted by molar-refractivity contribution is 0.245. The number of nitrogens with one attached hydrogen (secondary N) is 2. The largest absolute Gasteiger partial charge is 0.497 e. The maximum absolute atomic E-state index is 5.46. The molecular weight excluding hydrogens is 525 g/mol. The summed E-state index contributed by atoms with van der Waals surface area (Å²) in [6.45, 7) is 5.81. The standard InChI is InChI=1S/C26H35N5O.HI/c1-27-26(28-19-21-10-12-23(13-11-21)30-14-3-4-15-30)29-20-25(31-16-5-6-17-31)22-8-7-9-24(18-22)32-2;/h3-4,7-13,18,25H,5-6,14-17,19-20H2,1-2H3,(H2,27,28,29);1H. The van der Waals surface area contributed by atoms with Crippen LogP contribution >= 0.6 is 24.0 Å². The molecule has 0 amide bonds. The highest BCUT2D eigenvalue weighted by atomic mass is 127. The normalized spacial score (nSPS) is 17.0. The quantitative estimate of drug-likeness (QED) is 0.219. The van der Waals surface area contributed by atoms with E-state index >= 15 is 0 Å². The molecular formula is C26H36IN5O. The molecule has 0 aliphatic carbocycles. The van der Waals surface area contributed by atoms with E-state index < -0.39 is 0 Å². The summed E-state index contributed by atoms with van der Waals surface area (Å²) < 4.78 is 5.46. The van der Waals surface area contributed by atoms with Gasteiger partial charge in [0.05, 0.1) is 13.2 Å². The summed E-state index contributed by atoms with van der Waals surface area (Å²) in [6, 6.07) is 17.5. The van der Waals surface area contributed by atoms with Gasteiger partial charge in [-0.1, -0.05) is 36.4 Å². The summed E-state index contributed by atoms with van der Waals surface area (Å²) in [5.74, 6) is 1.73. The first-order valence-electron chi connectivity index (χ1n) is 11.6. The van der Waals surface area contributed by atoms with Crippen molar-refractivity contribution in [1.82, 2.24) is 15.5 Å². The molecule has 2 N–H and O–H groups in total. The van der Waals surface area contributed by atoms with Gasteiger partial charge in [0.2, 0.25) is 0 Å². The molecule has 2 aromatic carbocycles. The number of anilines is 1. The molecule has 6 nitrogen and oxygen atoms in total. The Morgan fingerprint density at radius 1 is 1.03 bits per heavy atom. The Bertz CT molecular complexity index is 917. The van der Waals surface area contributed by atoms with Crippen LogP contribution in [0.25, 0.3) is 0 Å². The number of ether oxygens (including phenoxy) is 1. The first-order valence-corrected chi connectivity index (χ1v) is 11.6. The number of benzene rings is 2. The molecule has 7 heteroatoms. The second-order valence-electron chi connectivity index (χ2n) is 8.38. The van der Waals surface area contributed by atoms with Crippen LogP contribution in [0.4, 0.5) is 5.69 Å². The zero-order valence-electron chi connectivity index (χ0n) is 19.7. The van der Waals surface area contributed by atoms with E-state index in [2.05, 4.69) is 80.0 Å².